The van der Waals surface area contributed by atoms with Gasteiger partial charge in [0, 0.05) is 17.3 Å². The molecule has 2 rings (SSSR count). The van der Waals surface area contributed by atoms with E-state index in [2.05, 4.69) is 10.3 Å². The van der Waals surface area contributed by atoms with Crippen molar-refractivity contribution in [1.29, 1.82) is 0 Å². The molecule has 21 heavy (non-hydrogen) atoms. The molecular weight excluding hydrogens is 274 g/mol. The van der Waals surface area contributed by atoms with Crippen molar-refractivity contribution in [2.24, 2.45) is 5.73 Å². The number of amides is 1. The second-order valence-electron chi connectivity index (χ2n) is 4.74. The summed E-state index contributed by atoms with van der Waals surface area (Å²) in [7, 11) is 0. The number of carboxylic acids is 1. The van der Waals surface area contributed by atoms with Crippen molar-refractivity contribution in [3.8, 4) is 0 Å². The Labute approximate surface area is 120 Å². The topological polar surface area (TPSA) is 125 Å². The third-order valence-corrected chi connectivity index (χ3v) is 3.26. The van der Waals surface area contributed by atoms with Crippen LogP contribution in [0, 0.1) is 0 Å². The standard InChI is InChI=1S/C14H15N3O4/c15-13(21)14(8-18,6-5-12(19)20)17-11-7-9-3-1-2-4-10(9)16-11/h1-4,7-8,16-17H,5-6H2,(H2,15,21)(H,19,20)/t14-/m1/s1. The predicted octanol–water partition coefficient (Wildman–Crippen LogP) is 0.868. The van der Waals surface area contributed by atoms with Crippen molar-refractivity contribution in [3.05, 3.63) is 30.3 Å². The largest absolute Gasteiger partial charge is 0.481 e. The fourth-order valence-electron chi connectivity index (χ4n) is 2.08. The first-order valence-electron chi connectivity index (χ1n) is 6.31. The van der Waals surface area contributed by atoms with Crippen LogP contribution in [-0.2, 0) is 14.4 Å². The summed E-state index contributed by atoms with van der Waals surface area (Å²) in [5, 5.41) is 12.3. The molecule has 1 atom stereocenters. The summed E-state index contributed by atoms with van der Waals surface area (Å²) in [6.07, 6.45) is -0.227. The number of carboxylic acid groups (broad SMARTS) is 1. The van der Waals surface area contributed by atoms with E-state index in [0.29, 0.717) is 12.1 Å². The van der Waals surface area contributed by atoms with Crippen molar-refractivity contribution < 1.29 is 19.5 Å². The van der Waals surface area contributed by atoms with Gasteiger partial charge in [-0.1, -0.05) is 18.2 Å². The molecule has 0 saturated carbocycles. The molecule has 110 valence electrons. The van der Waals surface area contributed by atoms with Gasteiger partial charge in [-0.25, -0.2) is 0 Å². The van der Waals surface area contributed by atoms with Crippen molar-refractivity contribution in [2.75, 3.05) is 5.32 Å². The second-order valence-corrected chi connectivity index (χ2v) is 4.74. The van der Waals surface area contributed by atoms with Crippen LogP contribution in [0.3, 0.4) is 0 Å². The molecule has 0 aliphatic rings. The summed E-state index contributed by atoms with van der Waals surface area (Å²) >= 11 is 0. The molecule has 0 aliphatic heterocycles. The van der Waals surface area contributed by atoms with Crippen LogP contribution >= 0.6 is 0 Å². The predicted molar refractivity (Wildman–Crippen MR) is 76.8 cm³/mol. The number of carbonyl (C=O) groups is 3. The van der Waals surface area contributed by atoms with E-state index in [4.69, 9.17) is 10.8 Å². The van der Waals surface area contributed by atoms with E-state index in [0.717, 1.165) is 10.9 Å². The normalized spacial score (nSPS) is 13.5. The SMILES string of the molecule is NC(=O)[C@](C=O)(CCC(=O)O)Nc1cc2ccccc2[nH]1. The quantitative estimate of drug-likeness (QED) is 0.444. The Bertz CT molecular complexity index is 661. The lowest BCUT2D eigenvalue weighted by molar-refractivity contribution is -0.137. The monoisotopic (exact) mass is 289 g/mol. The molecular formula is C14H15N3O4. The molecule has 7 nitrogen and oxygen atoms in total. The average molecular weight is 289 g/mol. The van der Waals surface area contributed by atoms with E-state index in [9.17, 15) is 14.4 Å². The zero-order chi connectivity index (χ0) is 15.5. The zero-order valence-corrected chi connectivity index (χ0v) is 11.1. The van der Waals surface area contributed by atoms with E-state index in [1.807, 2.05) is 24.3 Å². The number of primary amides is 1. The number of aromatic amines is 1. The van der Waals surface area contributed by atoms with E-state index < -0.39 is 17.4 Å². The molecule has 0 aliphatic carbocycles. The Morgan fingerprint density at radius 3 is 2.67 bits per heavy atom. The van der Waals surface area contributed by atoms with Gasteiger partial charge in [0.1, 0.15) is 5.82 Å². The van der Waals surface area contributed by atoms with Crippen LogP contribution in [0.5, 0.6) is 0 Å². The summed E-state index contributed by atoms with van der Waals surface area (Å²) in [6, 6.07) is 9.11. The third-order valence-electron chi connectivity index (χ3n) is 3.26. The summed E-state index contributed by atoms with van der Waals surface area (Å²) in [5.41, 5.74) is 4.34. The van der Waals surface area contributed by atoms with Crippen LogP contribution in [-0.4, -0.2) is 33.8 Å². The zero-order valence-electron chi connectivity index (χ0n) is 11.1. The molecule has 0 radical (unpaired) electrons. The van der Waals surface area contributed by atoms with Crippen LogP contribution in [0.2, 0.25) is 0 Å². The lowest BCUT2D eigenvalue weighted by atomic mass is 9.94. The number of nitrogens with one attached hydrogen (secondary N) is 2. The van der Waals surface area contributed by atoms with Gasteiger partial charge in [0.15, 0.2) is 11.8 Å². The van der Waals surface area contributed by atoms with Gasteiger partial charge < -0.3 is 25.9 Å². The number of benzene rings is 1. The summed E-state index contributed by atoms with van der Waals surface area (Å²) in [4.78, 5) is 36.6. The molecule has 7 heteroatoms. The lowest BCUT2D eigenvalue weighted by Gasteiger charge is -2.25. The van der Waals surface area contributed by atoms with Gasteiger partial charge in [-0.3, -0.25) is 9.59 Å². The summed E-state index contributed by atoms with van der Waals surface area (Å²) in [5.74, 6) is -1.61. The van der Waals surface area contributed by atoms with Gasteiger partial charge >= 0.3 is 5.97 Å². The molecule has 1 heterocycles. The fraction of sp³-hybridized carbons (Fsp3) is 0.214. The minimum atomic E-state index is -1.75. The number of nitrogens with two attached hydrogens (primary N) is 1. The van der Waals surface area contributed by atoms with E-state index in [-0.39, 0.29) is 12.8 Å². The molecule has 0 fully saturated rings. The Kier molecular flexibility index (Phi) is 3.93. The Balaban J connectivity index is 2.31. The molecule has 0 spiro atoms. The number of aromatic nitrogens is 1. The summed E-state index contributed by atoms with van der Waals surface area (Å²) in [6.45, 7) is 0. The maximum atomic E-state index is 11.6. The van der Waals surface area contributed by atoms with Gasteiger partial charge in [0.2, 0.25) is 0 Å². The van der Waals surface area contributed by atoms with Gasteiger partial charge in [0.05, 0.1) is 0 Å². The number of aliphatic carboxylic acids is 1. The fourth-order valence-corrected chi connectivity index (χ4v) is 2.08. The molecule has 2 aromatic rings. The molecule has 1 amide bonds. The molecule has 0 saturated heterocycles. The second kappa shape index (κ2) is 5.66. The Morgan fingerprint density at radius 2 is 2.10 bits per heavy atom. The Hall–Kier alpha value is -2.83. The first-order chi connectivity index (χ1) is 9.97. The molecule has 1 aromatic heterocycles. The molecule has 0 bridgehead atoms. The first-order valence-corrected chi connectivity index (χ1v) is 6.31. The lowest BCUT2D eigenvalue weighted by Crippen LogP contribution is -2.52. The molecule has 0 unspecified atom stereocenters. The Morgan fingerprint density at radius 1 is 1.38 bits per heavy atom. The van der Waals surface area contributed by atoms with E-state index in [1.54, 1.807) is 6.07 Å². The first kappa shape index (κ1) is 14.6. The highest BCUT2D eigenvalue weighted by molar-refractivity contribution is 6.04. The molecule has 1 aromatic carbocycles. The summed E-state index contributed by atoms with van der Waals surface area (Å²) < 4.78 is 0. The van der Waals surface area contributed by atoms with Gasteiger partial charge in [-0.2, -0.15) is 0 Å². The smallest absolute Gasteiger partial charge is 0.303 e. The number of rotatable bonds is 7. The van der Waals surface area contributed by atoms with Crippen molar-refractivity contribution in [2.45, 2.75) is 18.4 Å². The highest BCUT2D eigenvalue weighted by Gasteiger charge is 2.37. The number of carbonyl (C=O) groups excluding carboxylic acids is 2. The van der Waals surface area contributed by atoms with E-state index in [1.165, 1.54) is 0 Å². The minimum absolute atomic E-state index is 0.226. The van der Waals surface area contributed by atoms with Gasteiger partial charge in [-0.05, 0) is 18.6 Å². The van der Waals surface area contributed by atoms with Crippen LogP contribution in [0.15, 0.2) is 30.3 Å². The maximum absolute atomic E-state index is 11.6. The number of anilines is 1. The molecule has 5 N–H and O–H groups in total. The highest BCUT2D eigenvalue weighted by atomic mass is 16.4. The van der Waals surface area contributed by atoms with E-state index >= 15 is 0 Å². The minimum Gasteiger partial charge on any atom is -0.481 e. The van der Waals surface area contributed by atoms with Crippen LogP contribution < -0.4 is 11.1 Å². The van der Waals surface area contributed by atoms with Crippen molar-refractivity contribution in [3.63, 3.8) is 0 Å². The number of aldehydes is 1. The van der Waals surface area contributed by atoms with Crippen LogP contribution in [0.1, 0.15) is 12.8 Å². The number of H-pyrrole nitrogens is 1. The third kappa shape index (κ3) is 3.02. The number of hydrogen-bond acceptors (Lipinski definition) is 4. The van der Waals surface area contributed by atoms with Crippen LogP contribution in [0.25, 0.3) is 10.9 Å². The van der Waals surface area contributed by atoms with Crippen molar-refractivity contribution in [1.82, 2.24) is 4.98 Å². The number of fused-ring (bicyclic) bond motifs is 1. The average Bonchev–Trinajstić information content (AvgIpc) is 2.85. The van der Waals surface area contributed by atoms with Crippen molar-refractivity contribution >= 4 is 34.9 Å². The van der Waals surface area contributed by atoms with Crippen LogP contribution in [0.4, 0.5) is 5.82 Å². The van der Waals surface area contributed by atoms with Gasteiger partial charge in [-0.15, -0.1) is 0 Å². The van der Waals surface area contributed by atoms with Gasteiger partial charge in [0.25, 0.3) is 5.91 Å². The maximum Gasteiger partial charge on any atom is 0.303 e. The highest BCUT2D eigenvalue weighted by Crippen LogP contribution is 2.23. The number of para-hydroxylation sites is 1. The number of hydrogen-bond donors (Lipinski definition) is 4.